The summed E-state index contributed by atoms with van der Waals surface area (Å²) in [5.74, 6) is -0.756. The van der Waals surface area contributed by atoms with Crippen LogP contribution in [-0.4, -0.2) is 23.5 Å². The quantitative estimate of drug-likeness (QED) is 0.491. The van der Waals surface area contributed by atoms with Crippen molar-refractivity contribution in [1.29, 1.82) is 0 Å². The molecule has 0 aliphatic carbocycles. The number of carbonyl (C=O) groups is 2. The van der Waals surface area contributed by atoms with E-state index in [4.69, 9.17) is 5.11 Å². The summed E-state index contributed by atoms with van der Waals surface area (Å²) < 4.78 is 0. The molecular weight excluding hydrogens is 266 g/mol. The molecule has 0 saturated carbocycles. The summed E-state index contributed by atoms with van der Waals surface area (Å²) in [7, 11) is 0. The van der Waals surface area contributed by atoms with E-state index in [1.165, 1.54) is 38.5 Å². The minimum Gasteiger partial charge on any atom is -0.481 e. The molecule has 0 aliphatic heterocycles. The van der Waals surface area contributed by atoms with Gasteiger partial charge in [0, 0.05) is 19.4 Å². The van der Waals surface area contributed by atoms with Gasteiger partial charge in [0.2, 0.25) is 5.91 Å². The van der Waals surface area contributed by atoms with Crippen molar-refractivity contribution in [3.63, 3.8) is 0 Å². The van der Waals surface area contributed by atoms with E-state index in [0.717, 1.165) is 12.8 Å². The fourth-order valence-corrected chi connectivity index (χ4v) is 1.98. The zero-order chi connectivity index (χ0) is 16.3. The molecule has 0 atom stereocenters. The number of carboxylic acid groups (broad SMARTS) is 1. The second-order valence-corrected chi connectivity index (χ2v) is 5.07. The summed E-state index contributed by atoms with van der Waals surface area (Å²) in [4.78, 5) is 21.7. The van der Waals surface area contributed by atoms with E-state index in [2.05, 4.69) is 12.2 Å². The number of carbonyl (C=O) groups excluding carboxylic acids is 1. The highest BCUT2D eigenvalue weighted by molar-refractivity contribution is 5.75. The molecule has 0 aromatic rings. The molecule has 0 aromatic heterocycles. The Kier molecular flexibility index (Phi) is 20.0. The summed E-state index contributed by atoms with van der Waals surface area (Å²) >= 11 is 0. The normalized spacial score (nSPS) is 9.67. The molecule has 0 saturated heterocycles. The van der Waals surface area contributed by atoms with Gasteiger partial charge >= 0.3 is 5.97 Å². The molecule has 0 spiro atoms. The standard InChI is InChI=1S/C15H29NO3.C2H6/c1-2-3-4-5-6-7-8-9-11-14(17)16-13-10-12-15(18)19;1-2/h2-13H2,1H3,(H,16,17)(H,18,19);1-2H3. The van der Waals surface area contributed by atoms with Crippen LogP contribution in [0.4, 0.5) is 0 Å². The second kappa shape index (κ2) is 18.9. The summed E-state index contributed by atoms with van der Waals surface area (Å²) in [6.07, 6.45) is 11.0. The van der Waals surface area contributed by atoms with Crippen LogP contribution < -0.4 is 5.32 Å². The number of hydrogen-bond donors (Lipinski definition) is 2. The highest BCUT2D eigenvalue weighted by Gasteiger charge is 2.01. The van der Waals surface area contributed by atoms with Gasteiger partial charge < -0.3 is 10.4 Å². The molecule has 0 fully saturated rings. The van der Waals surface area contributed by atoms with Gasteiger partial charge in [0.05, 0.1) is 0 Å². The Balaban J connectivity index is 0. The lowest BCUT2D eigenvalue weighted by Crippen LogP contribution is -2.24. The fourth-order valence-electron chi connectivity index (χ4n) is 1.98. The van der Waals surface area contributed by atoms with Gasteiger partial charge in [0.1, 0.15) is 0 Å². The van der Waals surface area contributed by atoms with Gasteiger partial charge in [-0.05, 0) is 12.8 Å². The van der Waals surface area contributed by atoms with E-state index in [9.17, 15) is 9.59 Å². The van der Waals surface area contributed by atoms with Crippen molar-refractivity contribution in [3.8, 4) is 0 Å². The third kappa shape index (κ3) is 21.4. The van der Waals surface area contributed by atoms with Crippen LogP contribution in [0, 0.1) is 0 Å². The van der Waals surface area contributed by atoms with Crippen LogP contribution in [0.1, 0.15) is 91.4 Å². The van der Waals surface area contributed by atoms with Crippen molar-refractivity contribution < 1.29 is 14.7 Å². The molecule has 1 amide bonds. The lowest BCUT2D eigenvalue weighted by atomic mass is 10.1. The lowest BCUT2D eigenvalue weighted by Gasteiger charge is -2.04. The summed E-state index contributed by atoms with van der Waals surface area (Å²) in [5.41, 5.74) is 0. The molecule has 21 heavy (non-hydrogen) atoms. The van der Waals surface area contributed by atoms with Gasteiger partial charge in [-0.2, -0.15) is 0 Å². The van der Waals surface area contributed by atoms with Crippen molar-refractivity contribution in [2.45, 2.75) is 91.4 Å². The van der Waals surface area contributed by atoms with Crippen molar-refractivity contribution >= 4 is 11.9 Å². The number of carboxylic acids is 1. The van der Waals surface area contributed by atoms with Gasteiger partial charge in [-0.15, -0.1) is 0 Å². The largest absolute Gasteiger partial charge is 0.481 e. The Morgan fingerprint density at radius 2 is 1.33 bits per heavy atom. The number of amides is 1. The van der Waals surface area contributed by atoms with E-state index < -0.39 is 5.97 Å². The maximum absolute atomic E-state index is 11.4. The predicted molar refractivity (Wildman–Crippen MR) is 88.5 cm³/mol. The molecule has 4 nitrogen and oxygen atoms in total. The Morgan fingerprint density at radius 1 is 0.810 bits per heavy atom. The number of nitrogens with one attached hydrogen (secondary N) is 1. The zero-order valence-corrected chi connectivity index (χ0v) is 14.2. The molecule has 2 N–H and O–H groups in total. The molecule has 4 heteroatoms. The Bertz CT molecular complexity index is 242. The molecular formula is C17H35NO3. The molecule has 0 unspecified atom stereocenters. The van der Waals surface area contributed by atoms with Crippen LogP contribution >= 0.6 is 0 Å². The van der Waals surface area contributed by atoms with Crippen molar-refractivity contribution in [1.82, 2.24) is 5.32 Å². The third-order valence-electron chi connectivity index (χ3n) is 3.15. The van der Waals surface area contributed by atoms with E-state index in [1.54, 1.807) is 0 Å². The smallest absolute Gasteiger partial charge is 0.303 e. The summed E-state index contributed by atoms with van der Waals surface area (Å²) in [5, 5.41) is 11.2. The topological polar surface area (TPSA) is 66.4 Å². The summed E-state index contributed by atoms with van der Waals surface area (Å²) in [6, 6.07) is 0. The van der Waals surface area contributed by atoms with E-state index in [-0.39, 0.29) is 12.3 Å². The fraction of sp³-hybridized carbons (Fsp3) is 0.882. The van der Waals surface area contributed by atoms with E-state index >= 15 is 0 Å². The average Bonchev–Trinajstić information content (AvgIpc) is 2.48. The first kappa shape index (κ1) is 22.2. The SMILES string of the molecule is CC.CCCCCCCCCCC(=O)NCCCC(=O)O. The van der Waals surface area contributed by atoms with Crippen LogP contribution in [0.15, 0.2) is 0 Å². The summed E-state index contributed by atoms with van der Waals surface area (Å²) in [6.45, 7) is 6.69. The number of hydrogen-bond acceptors (Lipinski definition) is 2. The van der Waals surface area contributed by atoms with Crippen LogP contribution in [0.2, 0.25) is 0 Å². The minimum absolute atomic E-state index is 0.0522. The Hall–Kier alpha value is -1.06. The first-order valence-electron chi connectivity index (χ1n) is 8.65. The third-order valence-corrected chi connectivity index (χ3v) is 3.15. The molecule has 0 aliphatic rings. The zero-order valence-electron chi connectivity index (χ0n) is 14.2. The van der Waals surface area contributed by atoms with Gasteiger partial charge in [-0.1, -0.05) is 65.7 Å². The molecule has 0 heterocycles. The lowest BCUT2D eigenvalue weighted by molar-refractivity contribution is -0.137. The highest BCUT2D eigenvalue weighted by Crippen LogP contribution is 2.09. The Labute approximate surface area is 130 Å². The molecule has 0 aromatic carbocycles. The molecule has 0 bridgehead atoms. The second-order valence-electron chi connectivity index (χ2n) is 5.07. The van der Waals surface area contributed by atoms with Crippen LogP contribution in [0.25, 0.3) is 0 Å². The van der Waals surface area contributed by atoms with Crippen molar-refractivity contribution in [2.75, 3.05) is 6.54 Å². The predicted octanol–water partition coefficient (Wildman–Crippen LogP) is 4.52. The molecule has 0 radical (unpaired) electrons. The van der Waals surface area contributed by atoms with Gasteiger partial charge in [0.25, 0.3) is 0 Å². The Morgan fingerprint density at radius 3 is 1.86 bits per heavy atom. The van der Waals surface area contributed by atoms with E-state index in [1.807, 2.05) is 13.8 Å². The average molecular weight is 301 g/mol. The van der Waals surface area contributed by atoms with Crippen LogP contribution in [0.5, 0.6) is 0 Å². The number of aliphatic carboxylic acids is 1. The van der Waals surface area contributed by atoms with Crippen molar-refractivity contribution in [3.05, 3.63) is 0 Å². The monoisotopic (exact) mass is 301 g/mol. The van der Waals surface area contributed by atoms with Gasteiger partial charge in [-0.25, -0.2) is 0 Å². The number of rotatable bonds is 13. The molecule has 126 valence electrons. The highest BCUT2D eigenvalue weighted by atomic mass is 16.4. The van der Waals surface area contributed by atoms with Crippen LogP contribution in [-0.2, 0) is 9.59 Å². The van der Waals surface area contributed by atoms with Gasteiger partial charge in [0.15, 0.2) is 0 Å². The van der Waals surface area contributed by atoms with Crippen molar-refractivity contribution in [2.24, 2.45) is 0 Å². The van der Waals surface area contributed by atoms with Gasteiger partial charge in [-0.3, -0.25) is 9.59 Å². The number of unbranched alkanes of at least 4 members (excludes halogenated alkanes) is 7. The maximum atomic E-state index is 11.4. The maximum Gasteiger partial charge on any atom is 0.303 e. The first-order chi connectivity index (χ1) is 10.2. The minimum atomic E-state index is -0.808. The van der Waals surface area contributed by atoms with Crippen LogP contribution in [0.3, 0.4) is 0 Å². The molecule has 0 rings (SSSR count). The first-order valence-corrected chi connectivity index (χ1v) is 8.65. The van der Waals surface area contributed by atoms with E-state index in [0.29, 0.717) is 19.4 Å².